The van der Waals surface area contributed by atoms with Crippen molar-refractivity contribution in [3.63, 3.8) is 0 Å². The van der Waals surface area contributed by atoms with Crippen LogP contribution in [0.2, 0.25) is 0 Å². The van der Waals surface area contributed by atoms with Crippen LogP contribution in [0.5, 0.6) is 0 Å². The lowest BCUT2D eigenvalue weighted by atomic mass is 9.99. The molecule has 0 radical (unpaired) electrons. The number of nitrogens with zero attached hydrogens (tertiary/aromatic N) is 2. The Morgan fingerprint density at radius 1 is 1.47 bits per heavy atom. The molecule has 0 saturated carbocycles. The van der Waals surface area contributed by atoms with Crippen LogP contribution in [0.15, 0.2) is 24.5 Å². The second-order valence-corrected chi connectivity index (χ2v) is 5.65. The van der Waals surface area contributed by atoms with E-state index < -0.39 is 0 Å². The molecule has 2 atom stereocenters. The summed E-state index contributed by atoms with van der Waals surface area (Å²) in [6, 6.07) is 4.26. The molecule has 0 N–H and O–H groups in total. The van der Waals surface area contributed by atoms with Crippen LogP contribution in [-0.4, -0.2) is 22.3 Å². The highest BCUT2D eigenvalue weighted by atomic mass is 16.2. The summed E-state index contributed by atoms with van der Waals surface area (Å²) in [6.07, 6.45) is 6.60. The Morgan fingerprint density at radius 2 is 2.21 bits per heavy atom. The molecule has 1 fully saturated rings. The highest BCUT2D eigenvalue weighted by Gasteiger charge is 2.36. The van der Waals surface area contributed by atoms with Crippen molar-refractivity contribution in [2.75, 3.05) is 6.54 Å². The molecule has 1 amide bonds. The van der Waals surface area contributed by atoms with Crippen LogP contribution in [0, 0.1) is 11.8 Å². The van der Waals surface area contributed by atoms with Gasteiger partial charge in [0.2, 0.25) is 5.91 Å². The zero-order valence-corrected chi connectivity index (χ0v) is 12.2. The molecule has 1 aromatic rings. The number of pyridine rings is 1. The van der Waals surface area contributed by atoms with Gasteiger partial charge in [0.15, 0.2) is 0 Å². The summed E-state index contributed by atoms with van der Waals surface area (Å²) in [5.41, 5.74) is 1.17. The first-order valence-electron chi connectivity index (χ1n) is 7.37. The summed E-state index contributed by atoms with van der Waals surface area (Å²) in [4.78, 5) is 18.9. The molecule has 19 heavy (non-hydrogen) atoms. The SMILES string of the molecule is CCC(CC)C(=O)N1CC(C)CC1c1cccnc1. The van der Waals surface area contributed by atoms with E-state index in [2.05, 4.69) is 36.7 Å². The largest absolute Gasteiger partial charge is 0.335 e. The number of carbonyl (C=O) groups is 1. The molecule has 1 saturated heterocycles. The van der Waals surface area contributed by atoms with Crippen LogP contribution in [0.4, 0.5) is 0 Å². The first kappa shape index (κ1) is 14.0. The highest BCUT2D eigenvalue weighted by Crippen LogP contribution is 2.36. The molecule has 2 heterocycles. The maximum absolute atomic E-state index is 12.6. The van der Waals surface area contributed by atoms with Gasteiger partial charge < -0.3 is 4.90 Å². The zero-order chi connectivity index (χ0) is 13.8. The Kier molecular flexibility index (Phi) is 4.56. The quantitative estimate of drug-likeness (QED) is 0.831. The summed E-state index contributed by atoms with van der Waals surface area (Å²) in [6.45, 7) is 7.31. The minimum atomic E-state index is 0.171. The Labute approximate surface area is 116 Å². The molecule has 1 aromatic heterocycles. The van der Waals surface area contributed by atoms with Crippen molar-refractivity contribution < 1.29 is 4.79 Å². The second-order valence-electron chi connectivity index (χ2n) is 5.65. The summed E-state index contributed by atoms with van der Waals surface area (Å²) >= 11 is 0. The van der Waals surface area contributed by atoms with E-state index in [0.29, 0.717) is 11.8 Å². The van der Waals surface area contributed by atoms with Crippen LogP contribution in [0.1, 0.15) is 51.6 Å². The van der Waals surface area contributed by atoms with Crippen LogP contribution >= 0.6 is 0 Å². The minimum Gasteiger partial charge on any atom is -0.335 e. The molecule has 2 rings (SSSR count). The van der Waals surface area contributed by atoms with Crippen molar-refractivity contribution in [3.05, 3.63) is 30.1 Å². The number of hydrogen-bond donors (Lipinski definition) is 0. The topological polar surface area (TPSA) is 33.2 Å². The molecule has 0 aromatic carbocycles. The van der Waals surface area contributed by atoms with Gasteiger partial charge in [-0.05, 0) is 36.8 Å². The third kappa shape index (κ3) is 2.96. The lowest BCUT2D eigenvalue weighted by Crippen LogP contribution is -2.35. The molecule has 1 aliphatic heterocycles. The second kappa shape index (κ2) is 6.18. The molecule has 104 valence electrons. The molecular formula is C16H24N2O. The van der Waals surface area contributed by atoms with Crippen molar-refractivity contribution in [3.8, 4) is 0 Å². The van der Waals surface area contributed by atoms with Gasteiger partial charge in [0.1, 0.15) is 0 Å². The summed E-state index contributed by atoms with van der Waals surface area (Å²) < 4.78 is 0. The van der Waals surface area contributed by atoms with Gasteiger partial charge in [-0.25, -0.2) is 0 Å². The van der Waals surface area contributed by atoms with Gasteiger partial charge in [-0.15, -0.1) is 0 Å². The smallest absolute Gasteiger partial charge is 0.226 e. The van der Waals surface area contributed by atoms with Gasteiger partial charge in [0, 0.05) is 24.9 Å². The van der Waals surface area contributed by atoms with Crippen LogP contribution in [0.25, 0.3) is 0 Å². The Hall–Kier alpha value is -1.38. The van der Waals surface area contributed by atoms with Crippen molar-refractivity contribution in [1.29, 1.82) is 0 Å². The minimum absolute atomic E-state index is 0.171. The molecule has 0 bridgehead atoms. The maximum atomic E-state index is 12.6. The first-order chi connectivity index (χ1) is 9.17. The Morgan fingerprint density at radius 3 is 2.79 bits per heavy atom. The van der Waals surface area contributed by atoms with E-state index in [1.54, 1.807) is 6.20 Å². The monoisotopic (exact) mass is 260 g/mol. The zero-order valence-electron chi connectivity index (χ0n) is 12.2. The third-order valence-electron chi connectivity index (χ3n) is 4.20. The van der Waals surface area contributed by atoms with Crippen molar-refractivity contribution in [2.24, 2.45) is 11.8 Å². The number of likely N-dealkylation sites (tertiary alicyclic amines) is 1. The predicted octanol–water partition coefficient (Wildman–Crippen LogP) is 3.43. The molecule has 0 aliphatic carbocycles. The normalized spacial score (nSPS) is 23.1. The molecule has 3 nitrogen and oxygen atoms in total. The fourth-order valence-electron chi connectivity index (χ4n) is 3.05. The third-order valence-corrected chi connectivity index (χ3v) is 4.20. The average Bonchev–Trinajstić information content (AvgIpc) is 2.83. The Bertz CT molecular complexity index is 414. The molecule has 1 aliphatic rings. The summed E-state index contributed by atoms with van der Waals surface area (Å²) in [5.74, 6) is 1.07. The van der Waals surface area contributed by atoms with Crippen LogP contribution in [0.3, 0.4) is 0 Å². The van der Waals surface area contributed by atoms with Crippen molar-refractivity contribution in [1.82, 2.24) is 9.88 Å². The Balaban J connectivity index is 2.20. The predicted molar refractivity (Wildman–Crippen MR) is 76.5 cm³/mol. The van der Waals surface area contributed by atoms with E-state index in [1.165, 1.54) is 5.56 Å². The van der Waals surface area contributed by atoms with E-state index >= 15 is 0 Å². The average molecular weight is 260 g/mol. The van der Waals surface area contributed by atoms with E-state index in [9.17, 15) is 4.79 Å². The van der Waals surface area contributed by atoms with E-state index in [1.807, 2.05) is 12.3 Å². The lowest BCUT2D eigenvalue weighted by Gasteiger charge is -2.28. The van der Waals surface area contributed by atoms with Gasteiger partial charge in [0.25, 0.3) is 0 Å². The molecule has 3 heteroatoms. The van der Waals surface area contributed by atoms with Gasteiger partial charge in [-0.1, -0.05) is 26.8 Å². The van der Waals surface area contributed by atoms with Gasteiger partial charge in [0.05, 0.1) is 6.04 Å². The maximum Gasteiger partial charge on any atom is 0.226 e. The molecule has 2 unspecified atom stereocenters. The lowest BCUT2D eigenvalue weighted by molar-refractivity contribution is -0.136. The number of rotatable bonds is 4. The van der Waals surface area contributed by atoms with Crippen LogP contribution in [-0.2, 0) is 4.79 Å². The fraction of sp³-hybridized carbons (Fsp3) is 0.625. The van der Waals surface area contributed by atoms with Crippen molar-refractivity contribution in [2.45, 2.75) is 46.1 Å². The first-order valence-corrected chi connectivity index (χ1v) is 7.37. The fourth-order valence-corrected chi connectivity index (χ4v) is 3.05. The van der Waals surface area contributed by atoms with E-state index in [-0.39, 0.29) is 12.0 Å². The van der Waals surface area contributed by atoms with E-state index in [0.717, 1.165) is 25.8 Å². The number of amides is 1. The number of hydrogen-bond acceptors (Lipinski definition) is 2. The van der Waals surface area contributed by atoms with Gasteiger partial charge >= 0.3 is 0 Å². The van der Waals surface area contributed by atoms with Crippen molar-refractivity contribution >= 4 is 5.91 Å². The highest BCUT2D eigenvalue weighted by molar-refractivity contribution is 5.79. The van der Waals surface area contributed by atoms with E-state index in [4.69, 9.17) is 0 Å². The van der Waals surface area contributed by atoms with Gasteiger partial charge in [-0.2, -0.15) is 0 Å². The number of carbonyl (C=O) groups excluding carboxylic acids is 1. The summed E-state index contributed by atoms with van der Waals surface area (Å²) in [7, 11) is 0. The molecule has 0 spiro atoms. The standard InChI is InChI=1S/C16H24N2O/c1-4-13(5-2)16(19)18-11-12(3)9-15(18)14-7-6-8-17-10-14/h6-8,10,12-13,15H,4-5,9,11H2,1-3H3. The summed E-state index contributed by atoms with van der Waals surface area (Å²) in [5, 5.41) is 0. The van der Waals surface area contributed by atoms with Gasteiger partial charge in [-0.3, -0.25) is 9.78 Å². The van der Waals surface area contributed by atoms with Crippen LogP contribution < -0.4 is 0 Å². The molecular weight excluding hydrogens is 236 g/mol. The number of aromatic nitrogens is 1.